The average Bonchev–Trinajstić information content (AvgIpc) is 2.18. The van der Waals surface area contributed by atoms with E-state index < -0.39 is 5.91 Å². The standard InChI is InChI=1S/C11H15NO3/c1-3-14-9-5-8(11(12)13)6-10(7-9)15-4-2/h5-7H,3-4H2,1-2H3,(H2,12,13). The van der Waals surface area contributed by atoms with Crippen LogP contribution in [0, 0.1) is 0 Å². The van der Waals surface area contributed by atoms with Crippen LogP contribution in [0.4, 0.5) is 0 Å². The largest absolute Gasteiger partial charge is 0.494 e. The van der Waals surface area contributed by atoms with Crippen molar-refractivity contribution in [2.75, 3.05) is 13.2 Å². The van der Waals surface area contributed by atoms with Gasteiger partial charge in [0.2, 0.25) is 5.91 Å². The molecule has 0 aromatic heterocycles. The predicted octanol–water partition coefficient (Wildman–Crippen LogP) is 1.58. The molecule has 0 heterocycles. The Balaban J connectivity index is 3.02. The number of hydrogen-bond donors (Lipinski definition) is 1. The molecule has 1 aromatic rings. The third kappa shape index (κ3) is 3.16. The molecule has 0 aliphatic heterocycles. The first-order valence-corrected chi connectivity index (χ1v) is 4.87. The van der Waals surface area contributed by atoms with Crippen molar-refractivity contribution in [1.29, 1.82) is 0 Å². The van der Waals surface area contributed by atoms with E-state index in [0.717, 1.165) is 0 Å². The van der Waals surface area contributed by atoms with Crippen LogP contribution in [0.25, 0.3) is 0 Å². The molecule has 0 saturated carbocycles. The molecule has 0 fully saturated rings. The highest BCUT2D eigenvalue weighted by molar-refractivity contribution is 5.93. The lowest BCUT2D eigenvalue weighted by Gasteiger charge is -2.08. The number of nitrogens with two attached hydrogens (primary N) is 1. The summed E-state index contributed by atoms with van der Waals surface area (Å²) >= 11 is 0. The molecule has 0 atom stereocenters. The van der Waals surface area contributed by atoms with Gasteiger partial charge in [0.05, 0.1) is 13.2 Å². The van der Waals surface area contributed by atoms with E-state index in [1.807, 2.05) is 13.8 Å². The van der Waals surface area contributed by atoms with Crippen LogP contribution in [-0.4, -0.2) is 19.1 Å². The summed E-state index contributed by atoms with van der Waals surface area (Å²) in [5.74, 6) is 0.701. The van der Waals surface area contributed by atoms with Crippen LogP contribution in [0.5, 0.6) is 11.5 Å². The van der Waals surface area contributed by atoms with Gasteiger partial charge in [-0.05, 0) is 26.0 Å². The number of benzene rings is 1. The fourth-order valence-electron chi connectivity index (χ4n) is 1.21. The molecule has 0 radical (unpaired) electrons. The van der Waals surface area contributed by atoms with Crippen LogP contribution in [0.1, 0.15) is 24.2 Å². The zero-order chi connectivity index (χ0) is 11.3. The highest BCUT2D eigenvalue weighted by atomic mass is 16.5. The zero-order valence-electron chi connectivity index (χ0n) is 8.95. The molecule has 4 nitrogen and oxygen atoms in total. The minimum Gasteiger partial charge on any atom is -0.494 e. The van der Waals surface area contributed by atoms with Gasteiger partial charge >= 0.3 is 0 Å². The highest BCUT2D eigenvalue weighted by Crippen LogP contribution is 2.22. The molecule has 0 spiro atoms. The van der Waals surface area contributed by atoms with Gasteiger partial charge in [-0.15, -0.1) is 0 Å². The summed E-state index contributed by atoms with van der Waals surface area (Å²) in [6, 6.07) is 4.95. The van der Waals surface area contributed by atoms with E-state index in [2.05, 4.69) is 0 Å². The van der Waals surface area contributed by atoms with Crippen LogP contribution < -0.4 is 15.2 Å². The fraction of sp³-hybridized carbons (Fsp3) is 0.364. The molecule has 82 valence electrons. The van der Waals surface area contributed by atoms with E-state index in [-0.39, 0.29) is 0 Å². The van der Waals surface area contributed by atoms with Gasteiger partial charge in [0.25, 0.3) is 0 Å². The van der Waals surface area contributed by atoms with Crippen LogP contribution in [-0.2, 0) is 0 Å². The smallest absolute Gasteiger partial charge is 0.248 e. The zero-order valence-corrected chi connectivity index (χ0v) is 8.95. The summed E-state index contributed by atoms with van der Waals surface area (Å²) in [4.78, 5) is 11.0. The molecular formula is C11H15NO3. The molecule has 2 N–H and O–H groups in total. The van der Waals surface area contributed by atoms with Crippen molar-refractivity contribution < 1.29 is 14.3 Å². The molecular weight excluding hydrogens is 194 g/mol. The molecule has 0 aliphatic carbocycles. The lowest BCUT2D eigenvalue weighted by atomic mass is 10.2. The van der Waals surface area contributed by atoms with E-state index in [1.54, 1.807) is 18.2 Å². The third-order valence-corrected chi connectivity index (χ3v) is 1.79. The summed E-state index contributed by atoms with van der Waals surface area (Å²) in [5.41, 5.74) is 5.59. The molecule has 4 heteroatoms. The Morgan fingerprint density at radius 3 is 1.93 bits per heavy atom. The molecule has 15 heavy (non-hydrogen) atoms. The SMILES string of the molecule is CCOc1cc(OCC)cc(C(N)=O)c1. The van der Waals surface area contributed by atoms with Crippen molar-refractivity contribution in [3.05, 3.63) is 23.8 Å². The third-order valence-electron chi connectivity index (χ3n) is 1.79. The minimum absolute atomic E-state index is 0.393. The summed E-state index contributed by atoms with van der Waals surface area (Å²) < 4.78 is 10.6. The van der Waals surface area contributed by atoms with E-state index in [4.69, 9.17) is 15.2 Å². The van der Waals surface area contributed by atoms with Crippen molar-refractivity contribution in [2.24, 2.45) is 5.73 Å². The maximum atomic E-state index is 11.0. The Kier molecular flexibility index (Phi) is 3.97. The molecule has 1 amide bonds. The monoisotopic (exact) mass is 209 g/mol. The normalized spacial score (nSPS) is 9.73. The fourth-order valence-corrected chi connectivity index (χ4v) is 1.21. The van der Waals surface area contributed by atoms with Crippen LogP contribution in [0.15, 0.2) is 18.2 Å². The number of ether oxygens (including phenoxy) is 2. The van der Waals surface area contributed by atoms with Gasteiger partial charge in [-0.3, -0.25) is 4.79 Å². The summed E-state index contributed by atoms with van der Waals surface area (Å²) in [7, 11) is 0. The lowest BCUT2D eigenvalue weighted by Crippen LogP contribution is -2.11. The first kappa shape index (κ1) is 11.4. The van der Waals surface area contributed by atoms with E-state index >= 15 is 0 Å². The number of hydrogen-bond acceptors (Lipinski definition) is 3. The predicted molar refractivity (Wildman–Crippen MR) is 57.3 cm³/mol. The van der Waals surface area contributed by atoms with Crippen molar-refractivity contribution in [1.82, 2.24) is 0 Å². The van der Waals surface area contributed by atoms with Gasteiger partial charge < -0.3 is 15.2 Å². The molecule has 0 bridgehead atoms. The Bertz CT molecular complexity index is 325. The first-order chi connectivity index (χ1) is 7.17. The second-order valence-corrected chi connectivity index (χ2v) is 2.92. The highest BCUT2D eigenvalue weighted by Gasteiger charge is 2.06. The molecule has 1 rings (SSSR count). The van der Waals surface area contributed by atoms with Gasteiger partial charge in [0.1, 0.15) is 11.5 Å². The molecule has 0 aliphatic rings. The van der Waals surface area contributed by atoms with Gasteiger partial charge in [-0.2, -0.15) is 0 Å². The van der Waals surface area contributed by atoms with Gasteiger partial charge in [-0.25, -0.2) is 0 Å². The van der Waals surface area contributed by atoms with Crippen LogP contribution >= 0.6 is 0 Å². The number of rotatable bonds is 5. The first-order valence-electron chi connectivity index (χ1n) is 4.87. The Morgan fingerprint density at radius 2 is 1.60 bits per heavy atom. The van der Waals surface area contributed by atoms with Crippen LogP contribution in [0.2, 0.25) is 0 Å². The second kappa shape index (κ2) is 5.24. The Hall–Kier alpha value is -1.71. The summed E-state index contributed by atoms with van der Waals surface area (Å²) in [6.45, 7) is 4.82. The molecule has 0 unspecified atom stereocenters. The van der Waals surface area contributed by atoms with E-state index in [9.17, 15) is 4.79 Å². The van der Waals surface area contributed by atoms with Crippen molar-refractivity contribution in [3.8, 4) is 11.5 Å². The number of amides is 1. The molecule has 0 saturated heterocycles. The quantitative estimate of drug-likeness (QED) is 0.800. The second-order valence-electron chi connectivity index (χ2n) is 2.92. The number of carbonyl (C=O) groups is 1. The van der Waals surface area contributed by atoms with Gasteiger partial charge in [0.15, 0.2) is 0 Å². The van der Waals surface area contributed by atoms with Crippen molar-refractivity contribution in [3.63, 3.8) is 0 Å². The Morgan fingerprint density at radius 1 is 1.13 bits per heavy atom. The van der Waals surface area contributed by atoms with Crippen molar-refractivity contribution in [2.45, 2.75) is 13.8 Å². The minimum atomic E-state index is -0.488. The summed E-state index contributed by atoms with van der Waals surface area (Å²) in [5, 5.41) is 0. The Labute approximate surface area is 89.0 Å². The van der Waals surface area contributed by atoms with Crippen molar-refractivity contribution >= 4 is 5.91 Å². The maximum absolute atomic E-state index is 11.0. The topological polar surface area (TPSA) is 61.6 Å². The maximum Gasteiger partial charge on any atom is 0.248 e. The summed E-state index contributed by atoms with van der Waals surface area (Å²) in [6.07, 6.45) is 0. The molecule has 1 aromatic carbocycles. The van der Waals surface area contributed by atoms with E-state index in [0.29, 0.717) is 30.3 Å². The van der Waals surface area contributed by atoms with Gasteiger partial charge in [0, 0.05) is 11.6 Å². The van der Waals surface area contributed by atoms with Crippen LogP contribution in [0.3, 0.4) is 0 Å². The van der Waals surface area contributed by atoms with Gasteiger partial charge in [-0.1, -0.05) is 0 Å². The average molecular weight is 209 g/mol. The number of carbonyl (C=O) groups excluding carboxylic acids is 1. The van der Waals surface area contributed by atoms with E-state index in [1.165, 1.54) is 0 Å². The lowest BCUT2D eigenvalue weighted by molar-refractivity contribution is 0.0999. The number of primary amides is 1.